The average molecular weight is 685 g/mol. The lowest BCUT2D eigenvalue weighted by Gasteiger charge is -2.37. The largest absolute Gasteiger partial charge is 0.317 e. The van der Waals surface area contributed by atoms with E-state index in [1.807, 2.05) is 22.7 Å². The van der Waals surface area contributed by atoms with Crippen molar-refractivity contribution in [1.29, 1.82) is 0 Å². The Bertz CT molecular complexity index is 1300. The van der Waals surface area contributed by atoms with Crippen molar-refractivity contribution in [3.63, 3.8) is 0 Å². The van der Waals surface area contributed by atoms with E-state index in [1.54, 1.807) is 0 Å². The van der Waals surface area contributed by atoms with Crippen LogP contribution in [0, 0.1) is 13.8 Å². The highest BCUT2D eigenvalue weighted by molar-refractivity contribution is 7.78. The van der Waals surface area contributed by atoms with Crippen LogP contribution in [0.25, 0.3) is 11.1 Å². The van der Waals surface area contributed by atoms with Crippen molar-refractivity contribution in [2.75, 3.05) is 0 Å². The maximum absolute atomic E-state index is 15.5. The minimum absolute atomic E-state index is 0.410. The van der Waals surface area contributed by atoms with E-state index < -0.39 is 14.3 Å². The van der Waals surface area contributed by atoms with Gasteiger partial charge in [0.25, 0.3) is 0 Å². The molecule has 0 aliphatic heterocycles. The van der Waals surface area contributed by atoms with Gasteiger partial charge in [0, 0.05) is 32.4 Å². The van der Waals surface area contributed by atoms with Gasteiger partial charge in [-0.1, -0.05) is 77.0 Å². The lowest BCUT2D eigenvalue weighted by Crippen LogP contribution is -2.28. The van der Waals surface area contributed by atoms with E-state index >= 15 is 9.13 Å². The molecule has 0 unspecified atom stereocenters. The van der Waals surface area contributed by atoms with Crippen molar-refractivity contribution in [2.24, 2.45) is 0 Å². The van der Waals surface area contributed by atoms with E-state index in [9.17, 15) is 0 Å². The second kappa shape index (κ2) is 14.2. The molecule has 248 valence electrons. The zero-order valence-corrected chi connectivity index (χ0v) is 31.7. The van der Waals surface area contributed by atoms with E-state index in [0.29, 0.717) is 22.6 Å². The lowest BCUT2D eigenvalue weighted by atomic mass is 9.98. The Balaban J connectivity index is 1.26. The molecule has 4 saturated carbocycles. The Morgan fingerprint density at radius 1 is 0.467 bits per heavy atom. The number of rotatable bonds is 8. The summed E-state index contributed by atoms with van der Waals surface area (Å²) in [5.74, 6) is 0. The highest BCUT2D eigenvalue weighted by Gasteiger charge is 2.45. The SMILES string of the molecule is Cc1sc(P(=O)(C2CCCCC2)C2CCCCC2)cc1C1=C(c2cc(P(=O)(C3CCCCC3)C3CCCCC3)sc2C)CCC1. The molecule has 5 aliphatic rings. The average Bonchev–Trinajstić information content (AvgIpc) is 3.84. The Morgan fingerprint density at radius 2 is 0.756 bits per heavy atom. The zero-order chi connectivity index (χ0) is 31.0. The molecule has 0 amide bonds. The quantitative estimate of drug-likeness (QED) is 0.259. The van der Waals surface area contributed by atoms with E-state index in [1.165, 1.54) is 176 Å². The standard InChI is InChI=1S/C39H58O2P2S2/c1-28-36(26-38(44-28)42(40,30-16-7-3-8-17-30)31-18-9-4-10-19-31)34-24-15-25-35(34)37-27-39(45-29(37)2)43(41,32-20-11-5-12-21-32)33-22-13-6-14-23-33/h26-27,30-33H,3-25H2,1-2H3. The van der Waals surface area contributed by atoms with Gasteiger partial charge in [0.15, 0.2) is 0 Å². The number of aryl methyl sites for hydroxylation is 2. The van der Waals surface area contributed by atoms with Gasteiger partial charge in [-0.15, -0.1) is 22.7 Å². The number of hydrogen-bond donors (Lipinski definition) is 0. The second-order valence-corrected chi connectivity index (χ2v) is 25.3. The van der Waals surface area contributed by atoms with Crippen molar-refractivity contribution in [1.82, 2.24) is 0 Å². The summed E-state index contributed by atoms with van der Waals surface area (Å²) in [5.41, 5.74) is 7.49. The summed E-state index contributed by atoms with van der Waals surface area (Å²) >= 11 is 3.81. The van der Waals surface area contributed by atoms with Crippen molar-refractivity contribution in [3.05, 3.63) is 33.0 Å². The van der Waals surface area contributed by atoms with Crippen LogP contribution >= 0.6 is 37.0 Å². The maximum Gasteiger partial charge on any atom is 0.130 e. The maximum atomic E-state index is 15.5. The van der Waals surface area contributed by atoms with Crippen LogP contribution in [-0.4, -0.2) is 22.6 Å². The van der Waals surface area contributed by atoms with Gasteiger partial charge in [-0.2, -0.15) is 0 Å². The molecule has 0 saturated heterocycles. The smallest absolute Gasteiger partial charge is 0.130 e. The van der Waals surface area contributed by atoms with Crippen LogP contribution in [-0.2, 0) is 9.13 Å². The first-order valence-electron chi connectivity index (χ1n) is 19.0. The highest BCUT2D eigenvalue weighted by atomic mass is 32.1. The van der Waals surface area contributed by atoms with Gasteiger partial charge in [0.05, 0.1) is 9.24 Å². The summed E-state index contributed by atoms with van der Waals surface area (Å²) < 4.78 is 33.5. The Labute approximate surface area is 282 Å². The first-order chi connectivity index (χ1) is 21.9. The molecule has 0 spiro atoms. The van der Waals surface area contributed by atoms with Gasteiger partial charge in [-0.3, -0.25) is 0 Å². The fourth-order valence-electron chi connectivity index (χ4n) is 10.4. The summed E-state index contributed by atoms with van der Waals surface area (Å²) in [6, 6.07) is 4.92. The van der Waals surface area contributed by atoms with Gasteiger partial charge in [0.1, 0.15) is 14.3 Å². The number of hydrogen-bond acceptors (Lipinski definition) is 4. The van der Waals surface area contributed by atoms with Crippen LogP contribution in [0.15, 0.2) is 12.1 Å². The van der Waals surface area contributed by atoms with Crippen LogP contribution in [0.2, 0.25) is 0 Å². The first-order valence-corrected chi connectivity index (χ1v) is 24.4. The van der Waals surface area contributed by atoms with E-state index in [-0.39, 0.29) is 0 Å². The second-order valence-electron chi connectivity index (χ2n) is 15.5. The van der Waals surface area contributed by atoms with E-state index in [2.05, 4.69) is 26.0 Å². The van der Waals surface area contributed by atoms with Gasteiger partial charge < -0.3 is 9.13 Å². The van der Waals surface area contributed by atoms with Gasteiger partial charge in [-0.05, 0) is 119 Å². The van der Waals surface area contributed by atoms with Crippen LogP contribution in [0.5, 0.6) is 0 Å². The molecule has 0 aromatic carbocycles. The minimum atomic E-state index is -2.46. The topological polar surface area (TPSA) is 34.1 Å². The van der Waals surface area contributed by atoms with Crippen LogP contribution in [0.3, 0.4) is 0 Å². The number of thiophene rings is 2. The van der Waals surface area contributed by atoms with Crippen molar-refractivity contribution >= 4 is 57.3 Å². The van der Waals surface area contributed by atoms with Crippen LogP contribution in [0.1, 0.15) is 169 Å². The monoisotopic (exact) mass is 684 g/mol. The highest BCUT2D eigenvalue weighted by Crippen LogP contribution is 2.65. The van der Waals surface area contributed by atoms with Gasteiger partial charge in [-0.25, -0.2) is 0 Å². The molecule has 2 heterocycles. The molecule has 0 bridgehead atoms. The molecule has 2 aromatic rings. The molecular weight excluding hydrogens is 627 g/mol. The predicted molar refractivity (Wildman–Crippen MR) is 201 cm³/mol. The Hall–Kier alpha value is -0.400. The third kappa shape index (κ3) is 6.28. The van der Waals surface area contributed by atoms with Gasteiger partial charge >= 0.3 is 0 Å². The minimum Gasteiger partial charge on any atom is -0.317 e. The molecule has 7 rings (SSSR count). The Kier molecular flexibility index (Phi) is 10.5. The van der Waals surface area contributed by atoms with Crippen LogP contribution < -0.4 is 9.24 Å². The first kappa shape index (κ1) is 33.1. The Morgan fingerprint density at radius 3 is 1.04 bits per heavy atom. The molecule has 2 aromatic heterocycles. The summed E-state index contributed by atoms with van der Waals surface area (Å²) in [5, 5.41) is 0. The van der Waals surface area contributed by atoms with Crippen LogP contribution in [0.4, 0.5) is 0 Å². The molecule has 0 radical (unpaired) electrons. The van der Waals surface area contributed by atoms with Crippen molar-refractivity contribution < 1.29 is 9.13 Å². The molecular formula is C39H58O2P2S2. The summed E-state index contributed by atoms with van der Waals surface area (Å²) in [7, 11) is -4.92. The van der Waals surface area contributed by atoms with E-state index in [4.69, 9.17) is 0 Å². The zero-order valence-electron chi connectivity index (χ0n) is 28.3. The summed E-state index contributed by atoms with van der Waals surface area (Å²) in [6.45, 7) is 4.62. The summed E-state index contributed by atoms with van der Waals surface area (Å²) in [6.07, 6.45) is 28.2. The van der Waals surface area contributed by atoms with E-state index in [0.717, 1.165) is 12.8 Å². The lowest BCUT2D eigenvalue weighted by molar-refractivity contribution is 0.453. The molecule has 4 fully saturated rings. The predicted octanol–water partition coefficient (Wildman–Crippen LogP) is 12.8. The third-order valence-corrected chi connectivity index (χ3v) is 24.8. The fourth-order valence-corrected chi connectivity index (χ4v) is 23.5. The molecule has 6 heteroatoms. The summed E-state index contributed by atoms with van der Waals surface area (Å²) in [4.78, 5) is 2.77. The normalized spacial score (nSPS) is 24.1. The molecule has 45 heavy (non-hydrogen) atoms. The van der Waals surface area contributed by atoms with Crippen molar-refractivity contribution in [3.8, 4) is 0 Å². The molecule has 0 N–H and O–H groups in total. The van der Waals surface area contributed by atoms with Crippen molar-refractivity contribution in [2.45, 2.75) is 184 Å². The third-order valence-electron chi connectivity index (χ3n) is 12.8. The fraction of sp³-hybridized carbons (Fsp3) is 0.744. The van der Waals surface area contributed by atoms with Gasteiger partial charge in [0.2, 0.25) is 0 Å². The molecule has 5 aliphatic carbocycles. The molecule has 0 atom stereocenters. The molecule has 2 nitrogen and oxygen atoms in total. The number of allylic oxidation sites excluding steroid dienone is 2.